The normalized spacial score (nSPS) is 18.4. The van der Waals surface area contributed by atoms with Crippen molar-refractivity contribution in [3.63, 3.8) is 0 Å². The van der Waals surface area contributed by atoms with Crippen LogP contribution in [-0.4, -0.2) is 24.1 Å². The van der Waals surface area contributed by atoms with Crippen molar-refractivity contribution in [1.29, 1.82) is 0 Å². The quantitative estimate of drug-likeness (QED) is 0.767. The lowest BCUT2D eigenvalue weighted by Crippen LogP contribution is -2.62. The molecule has 0 spiro atoms. The van der Waals surface area contributed by atoms with Crippen molar-refractivity contribution in [2.75, 3.05) is 0 Å². The van der Waals surface area contributed by atoms with Gasteiger partial charge in [0.1, 0.15) is 0 Å². The predicted molar refractivity (Wildman–Crippen MR) is 43.4 cm³/mol. The maximum Gasteiger partial charge on any atom is 0.459 e. The van der Waals surface area contributed by atoms with Gasteiger partial charge in [-0.1, -0.05) is 20.3 Å². The van der Waals surface area contributed by atoms with Crippen LogP contribution in [0.2, 0.25) is 0 Å². The van der Waals surface area contributed by atoms with Gasteiger partial charge in [0, 0.05) is 0 Å². The molecule has 0 heterocycles. The monoisotopic (exact) mass is 255 g/mol. The average Bonchev–Trinajstić information content (AvgIpc) is 2.13. The van der Waals surface area contributed by atoms with Crippen LogP contribution >= 0.6 is 0 Å². The molecule has 0 saturated heterocycles. The molecule has 1 nitrogen and oxygen atoms in total. The van der Waals surface area contributed by atoms with Crippen molar-refractivity contribution < 1.29 is 30.7 Å². The summed E-state index contributed by atoms with van der Waals surface area (Å²) in [4.78, 5) is 0. The summed E-state index contributed by atoms with van der Waals surface area (Å²) in [5.41, 5.74) is 4.76. The van der Waals surface area contributed by atoms with E-state index < -0.39 is 30.0 Å². The first kappa shape index (κ1) is 15.5. The highest BCUT2D eigenvalue weighted by Crippen LogP contribution is 2.48. The lowest BCUT2D eigenvalue weighted by atomic mass is 9.91. The zero-order valence-corrected chi connectivity index (χ0v) is 8.58. The molecular formula is C8H12F7N. The summed E-state index contributed by atoms with van der Waals surface area (Å²) < 4.78 is 86.2. The fourth-order valence-corrected chi connectivity index (χ4v) is 1.01. The van der Waals surface area contributed by atoms with Crippen molar-refractivity contribution >= 4 is 0 Å². The zero-order chi connectivity index (χ0) is 13.4. The van der Waals surface area contributed by atoms with Crippen molar-refractivity contribution in [3.05, 3.63) is 0 Å². The Kier molecular flexibility index (Phi) is 4.24. The van der Waals surface area contributed by atoms with Crippen LogP contribution in [0.1, 0.15) is 20.3 Å². The van der Waals surface area contributed by atoms with Crippen LogP contribution in [0.15, 0.2) is 0 Å². The summed E-state index contributed by atoms with van der Waals surface area (Å²) in [6, 6.07) is -2.55. The second-order valence-corrected chi connectivity index (χ2v) is 3.61. The van der Waals surface area contributed by atoms with Gasteiger partial charge < -0.3 is 5.73 Å². The Balaban J connectivity index is 5.19. The number of alkyl halides is 7. The van der Waals surface area contributed by atoms with E-state index in [1.165, 1.54) is 6.92 Å². The molecule has 0 aromatic carbocycles. The molecule has 0 saturated carbocycles. The minimum absolute atomic E-state index is 0.0231. The Hall–Kier alpha value is -0.530. The van der Waals surface area contributed by atoms with Gasteiger partial charge in [-0.15, -0.1) is 0 Å². The van der Waals surface area contributed by atoms with E-state index in [0.717, 1.165) is 6.92 Å². The number of hydrogen-bond donors (Lipinski definition) is 1. The van der Waals surface area contributed by atoms with Crippen LogP contribution in [-0.2, 0) is 0 Å². The highest BCUT2D eigenvalue weighted by atomic mass is 19.4. The van der Waals surface area contributed by atoms with Gasteiger partial charge in [-0.2, -0.15) is 30.7 Å². The molecule has 0 aromatic heterocycles. The third-order valence-corrected chi connectivity index (χ3v) is 2.45. The SMILES string of the molecule is CCC(C)[C@H](N)C(F)(F)C(F)(F)C(F)(F)F. The van der Waals surface area contributed by atoms with Crippen molar-refractivity contribution in [1.82, 2.24) is 0 Å². The van der Waals surface area contributed by atoms with E-state index in [-0.39, 0.29) is 6.42 Å². The van der Waals surface area contributed by atoms with Gasteiger partial charge >= 0.3 is 18.0 Å². The minimum Gasteiger partial charge on any atom is -0.322 e. The van der Waals surface area contributed by atoms with E-state index in [4.69, 9.17) is 5.73 Å². The van der Waals surface area contributed by atoms with Gasteiger partial charge in [0.15, 0.2) is 0 Å². The average molecular weight is 255 g/mol. The highest BCUT2D eigenvalue weighted by Gasteiger charge is 2.75. The minimum atomic E-state index is -6.32. The largest absolute Gasteiger partial charge is 0.459 e. The van der Waals surface area contributed by atoms with Gasteiger partial charge in [-0.25, -0.2) is 0 Å². The lowest BCUT2D eigenvalue weighted by Gasteiger charge is -2.34. The van der Waals surface area contributed by atoms with Crippen molar-refractivity contribution in [3.8, 4) is 0 Å². The van der Waals surface area contributed by atoms with Gasteiger partial charge in [0.05, 0.1) is 6.04 Å². The van der Waals surface area contributed by atoms with Crippen LogP contribution in [0.3, 0.4) is 0 Å². The second-order valence-electron chi connectivity index (χ2n) is 3.61. The van der Waals surface area contributed by atoms with Gasteiger partial charge in [-0.05, 0) is 5.92 Å². The molecule has 0 bridgehead atoms. The Bertz CT molecular complexity index is 235. The molecule has 0 aliphatic heterocycles. The van der Waals surface area contributed by atoms with E-state index in [2.05, 4.69) is 0 Å². The first-order valence-corrected chi connectivity index (χ1v) is 4.47. The maximum absolute atomic E-state index is 12.9. The topological polar surface area (TPSA) is 26.0 Å². The zero-order valence-electron chi connectivity index (χ0n) is 8.58. The summed E-state index contributed by atoms with van der Waals surface area (Å²) in [5.74, 6) is -12.6. The number of nitrogens with two attached hydrogens (primary N) is 1. The fraction of sp³-hybridized carbons (Fsp3) is 1.00. The summed E-state index contributed by atoms with van der Waals surface area (Å²) in [6.45, 7) is 2.46. The summed E-state index contributed by atoms with van der Waals surface area (Å²) in [6.07, 6.45) is -6.34. The summed E-state index contributed by atoms with van der Waals surface area (Å²) >= 11 is 0. The standard InChI is InChI=1S/C8H12F7N/c1-3-4(2)5(16)6(9,10)7(11,12)8(13,14)15/h4-5H,3,16H2,1-2H3/t4?,5-/m0/s1. The molecule has 8 heteroatoms. The molecule has 0 aliphatic carbocycles. The number of halogens is 7. The van der Waals surface area contributed by atoms with Crippen LogP contribution in [0, 0.1) is 5.92 Å². The van der Waals surface area contributed by atoms with Gasteiger partial charge in [0.25, 0.3) is 0 Å². The molecule has 0 fully saturated rings. The summed E-state index contributed by atoms with van der Waals surface area (Å²) in [5, 5.41) is 0. The second kappa shape index (κ2) is 4.38. The van der Waals surface area contributed by atoms with E-state index in [9.17, 15) is 30.7 Å². The highest BCUT2D eigenvalue weighted by molar-refractivity contribution is 4.99. The molecule has 0 amide bonds. The van der Waals surface area contributed by atoms with E-state index in [1.54, 1.807) is 0 Å². The third kappa shape index (κ3) is 2.41. The third-order valence-electron chi connectivity index (χ3n) is 2.45. The fourth-order valence-electron chi connectivity index (χ4n) is 1.01. The Morgan fingerprint density at radius 1 is 1.00 bits per heavy atom. The van der Waals surface area contributed by atoms with Gasteiger partial charge in [-0.3, -0.25) is 0 Å². The summed E-state index contributed by atoms with van der Waals surface area (Å²) in [7, 11) is 0. The molecule has 2 N–H and O–H groups in total. The molecule has 16 heavy (non-hydrogen) atoms. The molecule has 0 aliphatic rings. The van der Waals surface area contributed by atoms with Gasteiger partial charge in [0.2, 0.25) is 0 Å². The maximum atomic E-state index is 12.9. The molecule has 0 aromatic rings. The van der Waals surface area contributed by atoms with Crippen LogP contribution < -0.4 is 5.73 Å². The van der Waals surface area contributed by atoms with E-state index >= 15 is 0 Å². The predicted octanol–water partition coefficient (Wildman–Crippen LogP) is 3.19. The molecule has 2 atom stereocenters. The first-order valence-electron chi connectivity index (χ1n) is 4.47. The van der Waals surface area contributed by atoms with Crippen LogP contribution in [0.25, 0.3) is 0 Å². The number of hydrogen-bond acceptors (Lipinski definition) is 1. The smallest absolute Gasteiger partial charge is 0.322 e. The Morgan fingerprint density at radius 2 is 1.38 bits per heavy atom. The Labute approximate surface area is 87.8 Å². The lowest BCUT2D eigenvalue weighted by molar-refractivity contribution is -0.360. The molecule has 98 valence electrons. The number of rotatable bonds is 4. The van der Waals surface area contributed by atoms with Crippen LogP contribution in [0.4, 0.5) is 30.7 Å². The molecular weight excluding hydrogens is 243 g/mol. The van der Waals surface area contributed by atoms with E-state index in [0.29, 0.717) is 0 Å². The molecule has 1 unspecified atom stereocenters. The Morgan fingerprint density at radius 3 is 1.62 bits per heavy atom. The van der Waals surface area contributed by atoms with Crippen molar-refractivity contribution in [2.24, 2.45) is 11.7 Å². The van der Waals surface area contributed by atoms with Crippen molar-refractivity contribution in [2.45, 2.75) is 44.3 Å². The first-order chi connectivity index (χ1) is 6.89. The van der Waals surface area contributed by atoms with Crippen LogP contribution in [0.5, 0.6) is 0 Å². The van der Waals surface area contributed by atoms with E-state index in [1.807, 2.05) is 0 Å². The molecule has 0 rings (SSSR count). The molecule has 0 radical (unpaired) electrons.